The van der Waals surface area contributed by atoms with Crippen LogP contribution in [0.2, 0.25) is 0 Å². The molecule has 0 aliphatic rings. The lowest BCUT2D eigenvalue weighted by atomic mass is 10.2. The summed E-state index contributed by atoms with van der Waals surface area (Å²) in [4.78, 5) is 16.2. The third-order valence-corrected chi connectivity index (χ3v) is 3.67. The van der Waals surface area contributed by atoms with E-state index in [9.17, 15) is 4.79 Å². The fraction of sp³-hybridized carbons (Fsp3) is 0.400. The van der Waals surface area contributed by atoms with Crippen LogP contribution in [-0.2, 0) is 11.3 Å². The Morgan fingerprint density at radius 1 is 1.31 bits per heavy atom. The van der Waals surface area contributed by atoms with Crippen molar-refractivity contribution in [3.05, 3.63) is 47.2 Å². The second kappa shape index (κ2) is 9.08. The monoisotopic (exact) mass is 358 g/mol. The molecule has 1 heterocycles. The van der Waals surface area contributed by atoms with Crippen molar-refractivity contribution in [1.82, 2.24) is 10.3 Å². The first-order chi connectivity index (χ1) is 12.4. The van der Waals surface area contributed by atoms with Crippen molar-refractivity contribution in [3.63, 3.8) is 0 Å². The van der Waals surface area contributed by atoms with Gasteiger partial charge in [-0.1, -0.05) is 19.9 Å². The van der Waals surface area contributed by atoms with Crippen LogP contribution >= 0.6 is 0 Å². The number of carbonyl (C=O) groups excluding carboxylic acids is 1. The zero-order valence-electron chi connectivity index (χ0n) is 16.0. The first kappa shape index (κ1) is 19.6. The average Bonchev–Trinajstić information content (AvgIpc) is 2.94. The number of rotatable bonds is 8. The molecule has 26 heavy (non-hydrogen) atoms. The number of methoxy groups -OCH3 is 1. The van der Waals surface area contributed by atoms with E-state index in [2.05, 4.69) is 24.1 Å². The third-order valence-electron chi connectivity index (χ3n) is 3.67. The van der Waals surface area contributed by atoms with Gasteiger partial charge >= 0.3 is 0 Å². The second-order valence-electron chi connectivity index (χ2n) is 6.42. The Kier molecular flexibility index (Phi) is 6.83. The van der Waals surface area contributed by atoms with Crippen molar-refractivity contribution in [2.24, 2.45) is 5.92 Å². The maximum Gasteiger partial charge on any atom is 0.244 e. The number of aromatic nitrogens is 1. The highest BCUT2D eigenvalue weighted by Gasteiger charge is 2.07. The number of carbonyl (C=O) groups is 1. The third kappa shape index (κ3) is 5.65. The van der Waals surface area contributed by atoms with Gasteiger partial charge in [-0.05, 0) is 43.5 Å². The number of oxazole rings is 1. The number of nitrogens with zero attached hydrogens (tertiary/aromatic N) is 1. The van der Waals surface area contributed by atoms with E-state index in [1.54, 1.807) is 13.2 Å². The van der Waals surface area contributed by atoms with E-state index < -0.39 is 0 Å². The van der Waals surface area contributed by atoms with E-state index in [0.29, 0.717) is 29.9 Å². The summed E-state index contributed by atoms with van der Waals surface area (Å²) in [5, 5.41) is 2.74. The molecule has 0 aliphatic heterocycles. The fourth-order valence-corrected chi connectivity index (χ4v) is 2.17. The smallest absolute Gasteiger partial charge is 0.244 e. The summed E-state index contributed by atoms with van der Waals surface area (Å²) in [5.41, 5.74) is 1.67. The molecule has 2 aromatic rings. The molecule has 0 atom stereocenters. The molecule has 0 unspecified atom stereocenters. The van der Waals surface area contributed by atoms with E-state index >= 15 is 0 Å². The molecule has 0 spiro atoms. The Bertz CT molecular complexity index is 759. The number of hydrogen-bond donors (Lipinski definition) is 1. The van der Waals surface area contributed by atoms with Gasteiger partial charge in [0.2, 0.25) is 11.8 Å². The molecule has 140 valence electrons. The van der Waals surface area contributed by atoms with Gasteiger partial charge in [0.05, 0.1) is 26.0 Å². The van der Waals surface area contributed by atoms with E-state index in [1.165, 1.54) is 6.08 Å². The summed E-state index contributed by atoms with van der Waals surface area (Å²) in [6.45, 7) is 8.75. The standard InChI is InChI=1S/C20H26N2O4/c1-13(2)12-25-17-8-6-16(10-18(17)24-5)7-9-19(23)21-11-20-22-14(3)15(4)26-20/h6-10,13H,11-12H2,1-5H3,(H,21,23). The Morgan fingerprint density at radius 2 is 2.08 bits per heavy atom. The van der Waals surface area contributed by atoms with Gasteiger partial charge < -0.3 is 19.2 Å². The normalized spacial score (nSPS) is 11.2. The maximum absolute atomic E-state index is 12.0. The summed E-state index contributed by atoms with van der Waals surface area (Å²) >= 11 is 0. The van der Waals surface area contributed by atoms with Crippen LogP contribution in [0.15, 0.2) is 28.7 Å². The van der Waals surface area contributed by atoms with Crippen LogP contribution in [0.1, 0.15) is 36.8 Å². The van der Waals surface area contributed by atoms with Crippen LogP contribution < -0.4 is 14.8 Å². The molecule has 0 bridgehead atoms. The lowest BCUT2D eigenvalue weighted by Crippen LogP contribution is -2.20. The highest BCUT2D eigenvalue weighted by Crippen LogP contribution is 2.28. The average molecular weight is 358 g/mol. The first-order valence-corrected chi connectivity index (χ1v) is 8.58. The quantitative estimate of drug-likeness (QED) is 0.729. The van der Waals surface area contributed by atoms with Crippen LogP contribution in [-0.4, -0.2) is 24.6 Å². The minimum Gasteiger partial charge on any atom is -0.493 e. The summed E-state index contributed by atoms with van der Waals surface area (Å²) in [7, 11) is 1.60. The van der Waals surface area contributed by atoms with Crippen LogP contribution in [0.4, 0.5) is 0 Å². The molecule has 1 amide bonds. The molecule has 2 rings (SSSR count). The molecule has 0 saturated heterocycles. The van der Waals surface area contributed by atoms with Crippen molar-refractivity contribution in [2.75, 3.05) is 13.7 Å². The zero-order chi connectivity index (χ0) is 19.1. The molecule has 0 aliphatic carbocycles. The first-order valence-electron chi connectivity index (χ1n) is 8.58. The van der Waals surface area contributed by atoms with Gasteiger partial charge in [-0.25, -0.2) is 4.98 Å². The van der Waals surface area contributed by atoms with Crippen molar-refractivity contribution >= 4 is 12.0 Å². The molecule has 0 saturated carbocycles. The van der Waals surface area contributed by atoms with Crippen LogP contribution in [0.3, 0.4) is 0 Å². The van der Waals surface area contributed by atoms with Crippen molar-refractivity contribution in [1.29, 1.82) is 0 Å². The number of benzene rings is 1. The summed E-state index contributed by atoms with van der Waals surface area (Å²) in [6.07, 6.45) is 3.18. The van der Waals surface area contributed by atoms with Crippen molar-refractivity contribution in [2.45, 2.75) is 34.2 Å². The SMILES string of the molecule is COc1cc(C=CC(=O)NCc2nc(C)c(C)o2)ccc1OCC(C)C. The minimum absolute atomic E-state index is 0.224. The summed E-state index contributed by atoms with van der Waals surface area (Å²) < 4.78 is 16.5. The van der Waals surface area contributed by atoms with Gasteiger partial charge in [0.1, 0.15) is 5.76 Å². The lowest BCUT2D eigenvalue weighted by molar-refractivity contribution is -0.116. The highest BCUT2D eigenvalue weighted by atomic mass is 16.5. The Labute approximate surface area is 154 Å². The zero-order valence-corrected chi connectivity index (χ0v) is 16.0. The molecule has 1 aromatic heterocycles. The van der Waals surface area contributed by atoms with Gasteiger partial charge in [-0.15, -0.1) is 0 Å². The topological polar surface area (TPSA) is 73.6 Å². The molecule has 0 fully saturated rings. The van der Waals surface area contributed by atoms with Gasteiger partial charge in [-0.3, -0.25) is 4.79 Å². The maximum atomic E-state index is 12.0. The number of ether oxygens (including phenoxy) is 2. The molecular formula is C20H26N2O4. The second-order valence-corrected chi connectivity index (χ2v) is 6.42. The van der Waals surface area contributed by atoms with Gasteiger partial charge in [0, 0.05) is 6.08 Å². The molecule has 1 aromatic carbocycles. The van der Waals surface area contributed by atoms with Crippen molar-refractivity contribution in [3.8, 4) is 11.5 Å². The van der Waals surface area contributed by atoms with E-state index in [-0.39, 0.29) is 12.5 Å². The van der Waals surface area contributed by atoms with E-state index in [0.717, 1.165) is 17.0 Å². The van der Waals surface area contributed by atoms with Crippen LogP contribution in [0.25, 0.3) is 6.08 Å². The van der Waals surface area contributed by atoms with Crippen LogP contribution in [0, 0.1) is 19.8 Å². The fourth-order valence-electron chi connectivity index (χ4n) is 2.17. The van der Waals surface area contributed by atoms with E-state index in [1.807, 2.05) is 32.0 Å². The predicted molar refractivity (Wildman–Crippen MR) is 100 cm³/mol. The van der Waals surface area contributed by atoms with E-state index in [4.69, 9.17) is 13.9 Å². The van der Waals surface area contributed by atoms with Gasteiger partial charge in [0.15, 0.2) is 11.5 Å². The predicted octanol–water partition coefficient (Wildman–Crippen LogP) is 3.66. The molecular weight excluding hydrogens is 332 g/mol. The number of nitrogens with one attached hydrogen (secondary N) is 1. The Balaban J connectivity index is 1.94. The van der Waals surface area contributed by atoms with Crippen molar-refractivity contribution < 1.29 is 18.7 Å². The highest BCUT2D eigenvalue weighted by molar-refractivity contribution is 5.91. The van der Waals surface area contributed by atoms with Gasteiger partial charge in [-0.2, -0.15) is 0 Å². The Morgan fingerprint density at radius 3 is 2.69 bits per heavy atom. The molecule has 1 N–H and O–H groups in total. The summed E-state index contributed by atoms with van der Waals surface area (Å²) in [5.74, 6) is 2.79. The summed E-state index contributed by atoms with van der Waals surface area (Å²) in [6, 6.07) is 5.56. The lowest BCUT2D eigenvalue weighted by Gasteiger charge is -2.12. The number of hydrogen-bond acceptors (Lipinski definition) is 5. The molecule has 6 nitrogen and oxygen atoms in total. The molecule has 0 radical (unpaired) electrons. The minimum atomic E-state index is -0.224. The largest absolute Gasteiger partial charge is 0.493 e. The molecule has 6 heteroatoms. The van der Waals surface area contributed by atoms with Gasteiger partial charge in [0.25, 0.3) is 0 Å². The van der Waals surface area contributed by atoms with Crippen LogP contribution in [0.5, 0.6) is 11.5 Å². The number of amides is 1. The number of aryl methyl sites for hydroxylation is 2. The Hall–Kier alpha value is -2.76.